The third kappa shape index (κ3) is 6.06. The van der Waals surface area contributed by atoms with Crippen molar-refractivity contribution in [3.8, 4) is 17.0 Å². The van der Waals surface area contributed by atoms with E-state index in [9.17, 15) is 22.8 Å². The van der Waals surface area contributed by atoms with Crippen molar-refractivity contribution in [1.82, 2.24) is 15.5 Å². The maximum Gasteiger partial charge on any atom is 0.573 e. The van der Waals surface area contributed by atoms with E-state index in [-0.39, 0.29) is 47.6 Å². The minimum Gasteiger partial charge on any atom is -0.480 e. The average molecular weight is 587 g/mol. The number of benzene rings is 1. The van der Waals surface area contributed by atoms with E-state index in [0.29, 0.717) is 17.0 Å². The van der Waals surface area contributed by atoms with Crippen LogP contribution in [0.2, 0.25) is 0 Å². The van der Waals surface area contributed by atoms with E-state index < -0.39 is 24.8 Å². The number of aromatic nitrogens is 2. The van der Waals surface area contributed by atoms with E-state index in [1.54, 1.807) is 18.2 Å². The van der Waals surface area contributed by atoms with Crippen LogP contribution in [0.3, 0.4) is 0 Å². The Labute approximate surface area is 238 Å². The van der Waals surface area contributed by atoms with Gasteiger partial charge in [0.1, 0.15) is 29.6 Å². The number of piperidine rings is 1. The second kappa shape index (κ2) is 11.3. The van der Waals surface area contributed by atoms with Crippen molar-refractivity contribution < 1.29 is 41.9 Å². The molecule has 2 unspecified atom stereocenters. The molecule has 1 aromatic carbocycles. The SMILES string of the molecule is O=C(O)CNC(=O)c1ccc(N2C3CCC2CC(OCc2c(-c4ccccc4OC(F)(F)F)noc2C2CC2)C3)nc1. The second-order valence-corrected chi connectivity index (χ2v) is 10.9. The molecule has 0 radical (unpaired) electrons. The molecule has 1 saturated carbocycles. The van der Waals surface area contributed by atoms with Gasteiger partial charge in [-0.2, -0.15) is 0 Å². The van der Waals surface area contributed by atoms with Gasteiger partial charge in [0.2, 0.25) is 0 Å². The Morgan fingerprint density at radius 1 is 1.07 bits per heavy atom. The molecule has 3 aromatic rings. The van der Waals surface area contributed by atoms with E-state index in [0.717, 1.165) is 44.3 Å². The zero-order chi connectivity index (χ0) is 29.4. The van der Waals surface area contributed by atoms with Crippen LogP contribution in [-0.4, -0.2) is 58.2 Å². The third-order valence-electron chi connectivity index (χ3n) is 7.96. The summed E-state index contributed by atoms with van der Waals surface area (Å²) in [7, 11) is 0. The number of fused-ring (bicyclic) bond motifs is 2. The first-order valence-electron chi connectivity index (χ1n) is 13.9. The maximum atomic E-state index is 13.1. The van der Waals surface area contributed by atoms with Crippen LogP contribution in [0.4, 0.5) is 19.0 Å². The number of para-hydroxylation sites is 1. The predicted molar refractivity (Wildman–Crippen MR) is 142 cm³/mol. The zero-order valence-electron chi connectivity index (χ0n) is 22.5. The van der Waals surface area contributed by atoms with Gasteiger partial charge in [-0.05, 0) is 62.8 Å². The molecule has 222 valence electrons. The molecule has 4 heterocycles. The first-order chi connectivity index (χ1) is 20.2. The van der Waals surface area contributed by atoms with Crippen molar-refractivity contribution in [2.24, 2.45) is 0 Å². The van der Waals surface area contributed by atoms with E-state index in [2.05, 4.69) is 25.1 Å². The van der Waals surface area contributed by atoms with Crippen molar-refractivity contribution in [2.75, 3.05) is 11.4 Å². The van der Waals surface area contributed by atoms with Gasteiger partial charge < -0.3 is 29.3 Å². The normalized spacial score (nSPS) is 21.8. The highest BCUT2D eigenvalue weighted by Crippen LogP contribution is 2.46. The van der Waals surface area contributed by atoms with Crippen LogP contribution in [0.5, 0.6) is 5.75 Å². The van der Waals surface area contributed by atoms with Crippen molar-refractivity contribution in [2.45, 2.75) is 75.6 Å². The summed E-state index contributed by atoms with van der Waals surface area (Å²) in [5.74, 6) is -0.389. The van der Waals surface area contributed by atoms with E-state index in [1.807, 2.05) is 0 Å². The summed E-state index contributed by atoms with van der Waals surface area (Å²) >= 11 is 0. The van der Waals surface area contributed by atoms with Crippen LogP contribution in [0.25, 0.3) is 11.3 Å². The summed E-state index contributed by atoms with van der Waals surface area (Å²) in [6.07, 6.45) is 1.79. The number of alkyl halides is 3. The number of carboxylic acids is 1. The molecule has 10 nitrogen and oxygen atoms in total. The number of hydrogen-bond donors (Lipinski definition) is 2. The van der Waals surface area contributed by atoms with Gasteiger partial charge in [0.15, 0.2) is 0 Å². The number of nitrogens with one attached hydrogen (secondary N) is 1. The highest BCUT2D eigenvalue weighted by molar-refractivity contribution is 5.95. The fraction of sp³-hybridized carbons (Fsp3) is 0.448. The number of ether oxygens (including phenoxy) is 2. The minimum atomic E-state index is -4.84. The lowest BCUT2D eigenvalue weighted by molar-refractivity contribution is -0.274. The fourth-order valence-electron chi connectivity index (χ4n) is 5.98. The van der Waals surface area contributed by atoms with Gasteiger partial charge in [0.05, 0.1) is 18.3 Å². The minimum absolute atomic E-state index is 0.0729. The Kier molecular flexibility index (Phi) is 7.52. The van der Waals surface area contributed by atoms with Crippen LogP contribution >= 0.6 is 0 Å². The Morgan fingerprint density at radius 2 is 1.81 bits per heavy atom. The number of pyridine rings is 1. The fourth-order valence-corrected chi connectivity index (χ4v) is 5.98. The average Bonchev–Trinajstić information content (AvgIpc) is 3.66. The lowest BCUT2D eigenvalue weighted by Crippen LogP contribution is -2.46. The van der Waals surface area contributed by atoms with Crippen LogP contribution in [0, 0.1) is 0 Å². The number of rotatable bonds is 10. The highest BCUT2D eigenvalue weighted by Gasteiger charge is 2.42. The van der Waals surface area contributed by atoms with Gasteiger partial charge in [-0.1, -0.05) is 17.3 Å². The quantitative estimate of drug-likeness (QED) is 0.336. The van der Waals surface area contributed by atoms with Crippen molar-refractivity contribution in [3.63, 3.8) is 0 Å². The number of carbonyl (C=O) groups excluding carboxylic acids is 1. The summed E-state index contributed by atoms with van der Waals surface area (Å²) in [6.45, 7) is -0.307. The van der Waals surface area contributed by atoms with Gasteiger partial charge in [-0.25, -0.2) is 4.98 Å². The number of anilines is 1. The molecule has 42 heavy (non-hydrogen) atoms. The largest absolute Gasteiger partial charge is 0.573 e. The topological polar surface area (TPSA) is 127 Å². The van der Waals surface area contributed by atoms with Crippen LogP contribution in [0.15, 0.2) is 47.1 Å². The van der Waals surface area contributed by atoms with Crippen molar-refractivity contribution in [3.05, 3.63) is 59.5 Å². The Balaban J connectivity index is 1.14. The molecule has 2 saturated heterocycles. The molecule has 3 aliphatic rings. The van der Waals surface area contributed by atoms with Crippen molar-refractivity contribution >= 4 is 17.7 Å². The van der Waals surface area contributed by atoms with E-state index >= 15 is 0 Å². The molecule has 1 aliphatic carbocycles. The second-order valence-electron chi connectivity index (χ2n) is 10.9. The molecule has 2 aliphatic heterocycles. The maximum absolute atomic E-state index is 13.1. The lowest BCUT2D eigenvalue weighted by Gasteiger charge is -2.39. The van der Waals surface area contributed by atoms with Gasteiger partial charge in [0.25, 0.3) is 5.91 Å². The molecule has 2 aromatic heterocycles. The molecule has 2 atom stereocenters. The number of halogens is 3. The Hall–Kier alpha value is -4.13. The molecule has 13 heteroatoms. The monoisotopic (exact) mass is 586 g/mol. The summed E-state index contributed by atoms with van der Waals surface area (Å²) in [5, 5.41) is 15.2. The summed E-state index contributed by atoms with van der Waals surface area (Å²) in [6, 6.07) is 9.66. The van der Waals surface area contributed by atoms with Crippen LogP contribution < -0.4 is 15.0 Å². The molecule has 0 spiro atoms. The van der Waals surface area contributed by atoms with Gasteiger partial charge in [-0.15, -0.1) is 13.2 Å². The Bertz CT molecular complexity index is 1440. The first-order valence-corrected chi connectivity index (χ1v) is 13.9. The lowest BCUT2D eigenvalue weighted by atomic mass is 9.99. The van der Waals surface area contributed by atoms with Crippen LogP contribution in [0.1, 0.15) is 66.1 Å². The number of amides is 1. The van der Waals surface area contributed by atoms with E-state index in [4.69, 9.17) is 14.4 Å². The third-order valence-corrected chi connectivity index (χ3v) is 7.96. The molecule has 1 amide bonds. The van der Waals surface area contributed by atoms with Crippen molar-refractivity contribution in [1.29, 1.82) is 0 Å². The van der Waals surface area contributed by atoms with E-state index in [1.165, 1.54) is 24.4 Å². The Morgan fingerprint density at radius 3 is 2.45 bits per heavy atom. The van der Waals surface area contributed by atoms with Gasteiger partial charge >= 0.3 is 12.3 Å². The molecule has 3 fully saturated rings. The number of carboxylic acid groups (broad SMARTS) is 1. The zero-order valence-corrected chi connectivity index (χ0v) is 22.5. The first kappa shape index (κ1) is 28.0. The summed E-state index contributed by atoms with van der Waals surface area (Å²) < 4.78 is 55.6. The predicted octanol–water partition coefficient (Wildman–Crippen LogP) is 5.04. The number of carbonyl (C=O) groups is 2. The number of aliphatic carboxylic acids is 1. The standard InChI is InChI=1S/C29H29F3N4O6/c30-29(31,32)41-23-4-2-1-3-21(23)26-22(27(42-35-26)16-5-6-16)15-40-20-11-18-8-9-19(12-20)36(18)24-10-7-17(13-33-24)28(39)34-14-25(37)38/h1-4,7,10,13,16,18-20H,5-6,8-9,11-12,14-15H2,(H,34,39)(H,37,38). The smallest absolute Gasteiger partial charge is 0.480 e. The van der Waals surface area contributed by atoms with Gasteiger partial charge in [0, 0.05) is 35.3 Å². The molecular formula is C29H29F3N4O6. The van der Waals surface area contributed by atoms with Crippen LogP contribution in [-0.2, 0) is 16.1 Å². The highest BCUT2D eigenvalue weighted by atomic mass is 19.4. The summed E-state index contributed by atoms with van der Waals surface area (Å²) in [4.78, 5) is 29.6. The molecular weight excluding hydrogens is 557 g/mol. The molecule has 6 rings (SSSR count). The number of hydrogen-bond acceptors (Lipinski definition) is 8. The molecule has 2 bridgehead atoms. The number of nitrogens with zero attached hydrogens (tertiary/aromatic N) is 3. The van der Waals surface area contributed by atoms with Gasteiger partial charge in [-0.3, -0.25) is 9.59 Å². The molecule has 2 N–H and O–H groups in total. The summed E-state index contributed by atoms with van der Waals surface area (Å²) in [5.41, 5.74) is 1.44.